The summed E-state index contributed by atoms with van der Waals surface area (Å²) < 4.78 is 1.93. The van der Waals surface area contributed by atoms with Gasteiger partial charge in [-0.2, -0.15) is 0 Å². The molecule has 1 aromatic heterocycles. The van der Waals surface area contributed by atoms with Crippen LogP contribution >= 0.6 is 24.8 Å². The van der Waals surface area contributed by atoms with Gasteiger partial charge in [0.25, 0.3) is 5.91 Å². The number of benzene rings is 1. The molecule has 0 bridgehead atoms. The monoisotopic (exact) mass is 382 g/mol. The molecule has 2 atom stereocenters. The van der Waals surface area contributed by atoms with Crippen molar-refractivity contribution in [2.45, 2.75) is 12.8 Å². The number of nitrogens with one attached hydrogen (secondary N) is 1. The molecule has 0 spiro atoms. The van der Waals surface area contributed by atoms with Gasteiger partial charge in [-0.15, -0.1) is 24.8 Å². The summed E-state index contributed by atoms with van der Waals surface area (Å²) in [7, 11) is 0. The molecular weight excluding hydrogens is 359 g/mol. The number of likely N-dealkylation sites (tertiary alicyclic amines) is 1. The average molecular weight is 383 g/mol. The Morgan fingerprint density at radius 1 is 1.12 bits per heavy atom. The van der Waals surface area contributed by atoms with Gasteiger partial charge in [0.05, 0.1) is 6.33 Å². The van der Waals surface area contributed by atoms with Crippen molar-refractivity contribution in [2.75, 3.05) is 26.2 Å². The van der Waals surface area contributed by atoms with Gasteiger partial charge in [0.15, 0.2) is 0 Å². The summed E-state index contributed by atoms with van der Waals surface area (Å²) in [5.74, 6) is 1.63. The van der Waals surface area contributed by atoms with Crippen molar-refractivity contribution in [3.63, 3.8) is 0 Å². The molecule has 2 saturated heterocycles. The van der Waals surface area contributed by atoms with E-state index in [0.29, 0.717) is 0 Å². The van der Waals surface area contributed by atoms with Crippen LogP contribution in [0.3, 0.4) is 0 Å². The van der Waals surface area contributed by atoms with Gasteiger partial charge in [-0.25, -0.2) is 4.98 Å². The standard InChI is InChI=1S/C18H22N4O.2ClH/c23-18(21-7-4-15-11-20-12-16(15)5-8-21)14-2-1-3-17(10-14)22-9-6-19-13-22;;/h1-3,6,9-10,13,15-16,20H,4-5,7-8,11-12H2;2*1H/t15-,16+;;. The van der Waals surface area contributed by atoms with E-state index in [-0.39, 0.29) is 30.7 Å². The molecule has 3 heterocycles. The SMILES string of the molecule is Cl.Cl.O=C(c1cccc(-n2ccnc2)c1)N1CC[C@@H]2CNC[C@@H]2CC1. The first-order chi connectivity index (χ1) is 11.3. The van der Waals surface area contributed by atoms with E-state index in [1.165, 1.54) is 0 Å². The summed E-state index contributed by atoms with van der Waals surface area (Å²) in [6.07, 6.45) is 7.62. The van der Waals surface area contributed by atoms with Crippen LogP contribution in [0.4, 0.5) is 0 Å². The minimum absolute atomic E-state index is 0. The number of halogens is 2. The number of carbonyl (C=O) groups excluding carboxylic acids is 1. The number of imidazole rings is 1. The average Bonchev–Trinajstić information content (AvgIpc) is 3.23. The van der Waals surface area contributed by atoms with Crippen LogP contribution in [0.2, 0.25) is 0 Å². The fraction of sp³-hybridized carbons (Fsp3) is 0.444. The second-order valence-corrected chi connectivity index (χ2v) is 6.57. The van der Waals surface area contributed by atoms with E-state index in [0.717, 1.165) is 62.1 Å². The minimum Gasteiger partial charge on any atom is -0.339 e. The maximum Gasteiger partial charge on any atom is 0.253 e. The third-order valence-corrected chi connectivity index (χ3v) is 5.20. The van der Waals surface area contributed by atoms with E-state index in [1.54, 1.807) is 12.5 Å². The zero-order valence-corrected chi connectivity index (χ0v) is 15.6. The molecule has 1 aromatic carbocycles. The summed E-state index contributed by atoms with van der Waals surface area (Å²) in [6.45, 7) is 3.97. The van der Waals surface area contributed by atoms with Gasteiger partial charge in [-0.05, 0) is 56.0 Å². The lowest BCUT2D eigenvalue weighted by Crippen LogP contribution is -2.32. The number of fused-ring (bicyclic) bond motifs is 1. The molecular formula is C18H24Cl2N4O. The molecule has 25 heavy (non-hydrogen) atoms. The number of nitrogens with zero attached hydrogens (tertiary/aromatic N) is 3. The zero-order valence-electron chi connectivity index (χ0n) is 14.0. The molecule has 2 fully saturated rings. The highest BCUT2D eigenvalue weighted by Gasteiger charge is 2.31. The molecule has 0 unspecified atom stereocenters. The maximum absolute atomic E-state index is 12.9. The van der Waals surface area contributed by atoms with E-state index >= 15 is 0 Å². The first-order valence-corrected chi connectivity index (χ1v) is 8.39. The molecule has 1 N–H and O–H groups in total. The third-order valence-electron chi connectivity index (χ3n) is 5.20. The second kappa shape index (κ2) is 8.70. The molecule has 0 aliphatic carbocycles. The Labute approximate surface area is 160 Å². The lowest BCUT2D eigenvalue weighted by Gasteiger charge is -2.21. The fourth-order valence-electron chi connectivity index (χ4n) is 3.82. The van der Waals surface area contributed by atoms with Crippen LogP contribution in [0, 0.1) is 11.8 Å². The summed E-state index contributed by atoms with van der Waals surface area (Å²) in [6, 6.07) is 7.81. The highest BCUT2D eigenvalue weighted by molar-refractivity contribution is 5.94. The van der Waals surface area contributed by atoms with Crippen molar-refractivity contribution in [3.05, 3.63) is 48.5 Å². The van der Waals surface area contributed by atoms with Crippen molar-refractivity contribution >= 4 is 30.7 Å². The molecule has 136 valence electrons. The Hall–Kier alpha value is -1.56. The molecule has 1 amide bonds. The van der Waals surface area contributed by atoms with Crippen molar-refractivity contribution in [3.8, 4) is 5.69 Å². The van der Waals surface area contributed by atoms with Gasteiger partial charge in [0, 0.05) is 36.7 Å². The fourth-order valence-corrected chi connectivity index (χ4v) is 3.82. The highest BCUT2D eigenvalue weighted by atomic mass is 35.5. The predicted octanol–water partition coefficient (Wildman–Crippen LogP) is 2.79. The van der Waals surface area contributed by atoms with Crippen LogP contribution in [0.5, 0.6) is 0 Å². The minimum atomic E-state index is 0. The zero-order chi connectivity index (χ0) is 15.6. The maximum atomic E-state index is 12.9. The molecule has 5 nitrogen and oxygen atoms in total. The van der Waals surface area contributed by atoms with E-state index in [1.807, 2.05) is 39.9 Å². The first-order valence-electron chi connectivity index (χ1n) is 8.39. The molecule has 2 aromatic rings. The smallest absolute Gasteiger partial charge is 0.253 e. The Morgan fingerprint density at radius 3 is 2.48 bits per heavy atom. The number of hydrogen-bond donors (Lipinski definition) is 1. The lowest BCUT2D eigenvalue weighted by molar-refractivity contribution is 0.0758. The van der Waals surface area contributed by atoms with Gasteiger partial charge >= 0.3 is 0 Å². The third kappa shape index (κ3) is 4.17. The van der Waals surface area contributed by atoms with Crippen LogP contribution in [0.1, 0.15) is 23.2 Å². The highest BCUT2D eigenvalue weighted by Crippen LogP contribution is 2.27. The topological polar surface area (TPSA) is 50.2 Å². The predicted molar refractivity (Wildman–Crippen MR) is 103 cm³/mol. The normalized spacial score (nSPS) is 22.3. The van der Waals surface area contributed by atoms with E-state index in [4.69, 9.17) is 0 Å². The van der Waals surface area contributed by atoms with Crippen molar-refractivity contribution in [1.82, 2.24) is 19.8 Å². The second-order valence-electron chi connectivity index (χ2n) is 6.57. The molecule has 2 aliphatic rings. The molecule has 4 rings (SSSR count). The Bertz CT molecular complexity index is 678. The Kier molecular flexibility index (Phi) is 6.87. The number of rotatable bonds is 2. The number of aromatic nitrogens is 2. The van der Waals surface area contributed by atoms with Crippen molar-refractivity contribution in [2.24, 2.45) is 11.8 Å². The van der Waals surface area contributed by atoms with Gasteiger partial charge in [-0.3, -0.25) is 4.79 Å². The quantitative estimate of drug-likeness (QED) is 0.868. The van der Waals surface area contributed by atoms with E-state index < -0.39 is 0 Å². The van der Waals surface area contributed by atoms with Crippen molar-refractivity contribution < 1.29 is 4.79 Å². The number of amides is 1. The van der Waals surface area contributed by atoms with Crippen molar-refractivity contribution in [1.29, 1.82) is 0 Å². The van der Waals surface area contributed by atoms with Crippen LogP contribution in [0.15, 0.2) is 43.0 Å². The lowest BCUT2D eigenvalue weighted by atomic mass is 9.92. The molecule has 0 radical (unpaired) electrons. The molecule has 7 heteroatoms. The summed E-state index contributed by atoms with van der Waals surface area (Å²) in [4.78, 5) is 19.0. The first kappa shape index (κ1) is 19.8. The Morgan fingerprint density at radius 2 is 1.84 bits per heavy atom. The molecule has 0 saturated carbocycles. The van der Waals surface area contributed by atoms with Gasteiger partial charge < -0.3 is 14.8 Å². The van der Waals surface area contributed by atoms with Crippen LogP contribution in [-0.2, 0) is 0 Å². The van der Waals surface area contributed by atoms with Gasteiger partial charge in [-0.1, -0.05) is 6.07 Å². The molecule has 2 aliphatic heterocycles. The van der Waals surface area contributed by atoms with Gasteiger partial charge in [0.2, 0.25) is 0 Å². The van der Waals surface area contributed by atoms with Crippen LogP contribution < -0.4 is 5.32 Å². The van der Waals surface area contributed by atoms with E-state index in [2.05, 4.69) is 10.3 Å². The summed E-state index contributed by atoms with van der Waals surface area (Å²) in [5.41, 5.74) is 1.74. The van der Waals surface area contributed by atoms with Crippen LogP contribution in [-0.4, -0.2) is 46.5 Å². The number of hydrogen-bond acceptors (Lipinski definition) is 3. The van der Waals surface area contributed by atoms with E-state index in [9.17, 15) is 4.79 Å². The summed E-state index contributed by atoms with van der Waals surface area (Å²) >= 11 is 0. The number of carbonyl (C=O) groups is 1. The van der Waals surface area contributed by atoms with Crippen LogP contribution in [0.25, 0.3) is 5.69 Å². The largest absolute Gasteiger partial charge is 0.339 e. The summed E-state index contributed by atoms with van der Waals surface area (Å²) in [5, 5.41) is 3.48. The van der Waals surface area contributed by atoms with Gasteiger partial charge in [0.1, 0.15) is 0 Å². The Balaban J connectivity index is 0.00000113.